The number of aromatic nitrogens is 1. The van der Waals surface area contributed by atoms with Crippen molar-refractivity contribution in [2.45, 2.75) is 64.3 Å². The minimum absolute atomic E-state index is 0.616. The molecule has 1 aliphatic carbocycles. The monoisotopic (exact) mass is 272 g/mol. The number of rotatable bonds is 3. The van der Waals surface area contributed by atoms with Crippen molar-refractivity contribution in [1.82, 2.24) is 4.98 Å². The zero-order valence-corrected chi connectivity index (χ0v) is 12.3. The molecule has 0 aliphatic heterocycles. The third kappa shape index (κ3) is 3.14. The summed E-state index contributed by atoms with van der Waals surface area (Å²) in [5.41, 5.74) is 3.04. The lowest BCUT2D eigenvalue weighted by atomic mass is 9.96. The van der Waals surface area contributed by atoms with E-state index >= 15 is 0 Å². The van der Waals surface area contributed by atoms with Crippen LogP contribution in [-0.4, -0.2) is 11.0 Å². The second-order valence-corrected chi connectivity index (χ2v) is 5.83. The first-order valence-electron chi connectivity index (χ1n) is 8.01. The van der Waals surface area contributed by atoms with Gasteiger partial charge in [0, 0.05) is 18.2 Å². The third-order valence-electron chi connectivity index (χ3n) is 4.21. The molecule has 0 radical (unpaired) electrons. The van der Waals surface area contributed by atoms with Crippen LogP contribution in [0.15, 0.2) is 22.6 Å². The van der Waals surface area contributed by atoms with Gasteiger partial charge in [-0.25, -0.2) is 4.98 Å². The van der Waals surface area contributed by atoms with Crippen molar-refractivity contribution in [2.75, 3.05) is 5.32 Å². The van der Waals surface area contributed by atoms with Crippen molar-refractivity contribution in [1.29, 1.82) is 0 Å². The van der Waals surface area contributed by atoms with Gasteiger partial charge in [0.25, 0.3) is 0 Å². The Bertz CT molecular complexity index is 553. The number of fused-ring (bicyclic) bond motifs is 1. The van der Waals surface area contributed by atoms with Gasteiger partial charge in [-0.15, -0.1) is 0 Å². The molecule has 20 heavy (non-hydrogen) atoms. The predicted molar refractivity (Wildman–Crippen MR) is 83.1 cm³/mol. The largest absolute Gasteiger partial charge is 0.441 e. The summed E-state index contributed by atoms with van der Waals surface area (Å²) >= 11 is 0. The average molecular weight is 272 g/mol. The second-order valence-electron chi connectivity index (χ2n) is 5.83. The molecule has 0 bridgehead atoms. The van der Waals surface area contributed by atoms with Crippen LogP contribution in [0.4, 0.5) is 5.69 Å². The van der Waals surface area contributed by atoms with Gasteiger partial charge < -0.3 is 9.73 Å². The van der Waals surface area contributed by atoms with Gasteiger partial charge in [0.2, 0.25) is 0 Å². The number of anilines is 1. The van der Waals surface area contributed by atoms with Crippen molar-refractivity contribution < 1.29 is 4.42 Å². The molecular weight excluding hydrogens is 248 g/mol. The molecule has 3 heteroatoms. The van der Waals surface area contributed by atoms with Crippen LogP contribution in [0.3, 0.4) is 0 Å². The molecule has 1 aliphatic rings. The molecule has 1 heterocycles. The topological polar surface area (TPSA) is 38.1 Å². The third-order valence-corrected chi connectivity index (χ3v) is 4.21. The molecule has 0 amide bonds. The number of hydrogen-bond acceptors (Lipinski definition) is 3. The Hall–Kier alpha value is -1.51. The van der Waals surface area contributed by atoms with Crippen LogP contribution in [0.2, 0.25) is 0 Å². The van der Waals surface area contributed by atoms with E-state index in [-0.39, 0.29) is 0 Å². The maximum Gasteiger partial charge on any atom is 0.195 e. The maximum atomic E-state index is 5.66. The average Bonchev–Trinajstić information content (AvgIpc) is 2.84. The Kier molecular flexibility index (Phi) is 4.24. The summed E-state index contributed by atoms with van der Waals surface area (Å²) in [6, 6.07) is 6.89. The molecule has 0 unspecified atom stereocenters. The molecule has 3 nitrogen and oxygen atoms in total. The molecule has 0 atom stereocenters. The molecule has 0 saturated heterocycles. The fraction of sp³-hybridized carbons (Fsp3) is 0.588. The smallest absolute Gasteiger partial charge is 0.195 e. The quantitative estimate of drug-likeness (QED) is 0.862. The van der Waals surface area contributed by atoms with Gasteiger partial charge in [0.15, 0.2) is 11.5 Å². The van der Waals surface area contributed by atoms with E-state index in [1.54, 1.807) is 0 Å². The van der Waals surface area contributed by atoms with E-state index < -0.39 is 0 Å². The van der Waals surface area contributed by atoms with Crippen LogP contribution < -0.4 is 5.32 Å². The van der Waals surface area contributed by atoms with Gasteiger partial charge in [-0.2, -0.15) is 0 Å². The summed E-state index contributed by atoms with van der Waals surface area (Å²) in [4.78, 5) is 4.51. The van der Waals surface area contributed by atoms with Crippen LogP contribution in [0.5, 0.6) is 0 Å². The SMILES string of the molecule is CCc1nc2cc(NC3CCCCCCC3)ccc2o1. The summed E-state index contributed by atoms with van der Waals surface area (Å²) in [5.74, 6) is 0.822. The molecule has 3 rings (SSSR count). The van der Waals surface area contributed by atoms with Gasteiger partial charge in [0.05, 0.1) is 0 Å². The highest BCUT2D eigenvalue weighted by Crippen LogP contribution is 2.24. The minimum atomic E-state index is 0.616. The van der Waals surface area contributed by atoms with E-state index in [1.807, 2.05) is 6.07 Å². The molecular formula is C17H24N2O. The van der Waals surface area contributed by atoms with Crippen molar-refractivity contribution in [3.05, 3.63) is 24.1 Å². The highest BCUT2D eigenvalue weighted by molar-refractivity contribution is 5.77. The molecule has 1 aromatic carbocycles. The minimum Gasteiger partial charge on any atom is -0.441 e. The molecule has 1 aromatic heterocycles. The van der Waals surface area contributed by atoms with Gasteiger partial charge in [0.1, 0.15) is 5.52 Å². The van der Waals surface area contributed by atoms with Crippen LogP contribution in [0.1, 0.15) is 57.8 Å². The number of nitrogens with one attached hydrogen (secondary N) is 1. The van der Waals surface area contributed by atoms with Crippen molar-refractivity contribution in [3.8, 4) is 0 Å². The van der Waals surface area contributed by atoms with Crippen LogP contribution in [-0.2, 0) is 6.42 Å². The van der Waals surface area contributed by atoms with E-state index in [0.29, 0.717) is 6.04 Å². The molecule has 1 N–H and O–H groups in total. The van der Waals surface area contributed by atoms with Gasteiger partial charge in [-0.05, 0) is 31.0 Å². The van der Waals surface area contributed by atoms with E-state index in [2.05, 4.69) is 29.4 Å². The lowest BCUT2D eigenvalue weighted by molar-refractivity contribution is 0.471. The van der Waals surface area contributed by atoms with Crippen LogP contribution in [0.25, 0.3) is 11.1 Å². The lowest BCUT2D eigenvalue weighted by Gasteiger charge is -2.22. The highest BCUT2D eigenvalue weighted by atomic mass is 16.3. The zero-order valence-electron chi connectivity index (χ0n) is 12.3. The first-order valence-corrected chi connectivity index (χ1v) is 8.01. The van der Waals surface area contributed by atoms with E-state index in [9.17, 15) is 0 Å². The van der Waals surface area contributed by atoms with Crippen LogP contribution in [0, 0.1) is 0 Å². The molecule has 1 saturated carbocycles. The number of benzene rings is 1. The first-order chi connectivity index (χ1) is 9.85. The summed E-state index contributed by atoms with van der Waals surface area (Å²) in [6.07, 6.45) is 10.3. The van der Waals surface area contributed by atoms with Crippen molar-refractivity contribution >= 4 is 16.8 Å². The highest BCUT2D eigenvalue weighted by Gasteiger charge is 2.12. The lowest BCUT2D eigenvalue weighted by Crippen LogP contribution is -2.20. The fourth-order valence-electron chi connectivity index (χ4n) is 3.05. The molecule has 1 fully saturated rings. The normalized spacial score (nSPS) is 17.9. The number of hydrogen-bond donors (Lipinski definition) is 1. The second kappa shape index (κ2) is 6.29. The van der Waals surface area contributed by atoms with Gasteiger partial charge >= 0.3 is 0 Å². The Morgan fingerprint density at radius 2 is 1.90 bits per heavy atom. The van der Waals surface area contributed by atoms with Crippen molar-refractivity contribution in [3.63, 3.8) is 0 Å². The van der Waals surface area contributed by atoms with E-state index in [4.69, 9.17) is 4.42 Å². The standard InChI is InChI=1S/C17H24N2O/c1-2-17-19-15-12-14(10-11-16(15)20-17)18-13-8-6-4-3-5-7-9-13/h10-13,18H,2-9H2,1H3. The Labute approximate surface area is 120 Å². The number of nitrogens with zero attached hydrogens (tertiary/aromatic N) is 1. The Morgan fingerprint density at radius 1 is 1.15 bits per heavy atom. The predicted octanol–water partition coefficient (Wildman–Crippen LogP) is 4.92. The maximum absolute atomic E-state index is 5.66. The summed E-state index contributed by atoms with van der Waals surface area (Å²) in [5, 5.41) is 3.69. The number of oxazole rings is 1. The van der Waals surface area contributed by atoms with Gasteiger partial charge in [-0.3, -0.25) is 0 Å². The van der Waals surface area contributed by atoms with E-state index in [1.165, 1.54) is 50.6 Å². The Morgan fingerprint density at radius 3 is 2.65 bits per heavy atom. The summed E-state index contributed by atoms with van der Waals surface area (Å²) in [7, 11) is 0. The van der Waals surface area contributed by atoms with Crippen molar-refractivity contribution in [2.24, 2.45) is 0 Å². The van der Waals surface area contributed by atoms with E-state index in [0.717, 1.165) is 23.4 Å². The zero-order chi connectivity index (χ0) is 13.8. The first kappa shape index (κ1) is 13.5. The van der Waals surface area contributed by atoms with Crippen LogP contribution >= 0.6 is 0 Å². The van der Waals surface area contributed by atoms with Gasteiger partial charge in [-0.1, -0.05) is 39.0 Å². The molecule has 2 aromatic rings. The number of aryl methyl sites for hydroxylation is 1. The fourth-order valence-corrected chi connectivity index (χ4v) is 3.05. The summed E-state index contributed by atoms with van der Waals surface area (Å²) in [6.45, 7) is 2.07. The summed E-state index contributed by atoms with van der Waals surface area (Å²) < 4.78 is 5.66. The molecule has 0 spiro atoms. The Balaban J connectivity index is 1.72. The molecule has 108 valence electrons.